The fraction of sp³-hybridized carbons (Fsp3) is 0.0588. The molecule has 2 aromatic rings. The summed E-state index contributed by atoms with van der Waals surface area (Å²) in [4.78, 5) is 34.6. The van der Waals surface area contributed by atoms with Gasteiger partial charge in [-0.1, -0.05) is 18.2 Å². The minimum Gasteiger partial charge on any atom is -0.459 e. The summed E-state index contributed by atoms with van der Waals surface area (Å²) >= 11 is 0. The Morgan fingerprint density at radius 2 is 2.08 bits per heavy atom. The molecule has 1 aromatic carbocycles. The van der Waals surface area contributed by atoms with Crippen LogP contribution in [-0.2, 0) is 4.79 Å². The predicted octanol–water partition coefficient (Wildman–Crippen LogP) is 2.26. The van der Waals surface area contributed by atoms with Crippen LogP contribution in [0.25, 0.3) is 6.08 Å². The Kier molecular flexibility index (Phi) is 5.83. The van der Waals surface area contributed by atoms with Crippen LogP contribution in [0.15, 0.2) is 65.4 Å². The molecule has 0 radical (unpaired) electrons. The number of hydrogen-bond donors (Lipinski definition) is 2. The molecule has 0 atom stereocenters. The largest absolute Gasteiger partial charge is 0.459 e. The molecule has 8 nitrogen and oxygen atoms in total. The maximum absolute atomic E-state index is 12.2. The van der Waals surface area contributed by atoms with Gasteiger partial charge in [0.15, 0.2) is 5.76 Å². The maximum atomic E-state index is 12.2. The van der Waals surface area contributed by atoms with Gasteiger partial charge in [-0.25, -0.2) is 0 Å². The molecule has 2 amide bonds. The Balaban J connectivity index is 2.31. The monoisotopic (exact) mass is 341 g/mol. The summed E-state index contributed by atoms with van der Waals surface area (Å²) in [5.74, 6) is -1.15. The summed E-state index contributed by atoms with van der Waals surface area (Å²) in [6, 6.07) is 8.67. The number of amides is 2. The van der Waals surface area contributed by atoms with Crippen LogP contribution in [0.1, 0.15) is 16.1 Å². The third-order valence-corrected chi connectivity index (χ3v) is 3.04. The number of carbonyl (C=O) groups excluding carboxylic acids is 2. The maximum Gasteiger partial charge on any atom is 0.291 e. The molecule has 2 N–H and O–H groups in total. The lowest BCUT2D eigenvalue weighted by atomic mass is 10.1. The van der Waals surface area contributed by atoms with Gasteiger partial charge in [0.25, 0.3) is 17.5 Å². The zero-order chi connectivity index (χ0) is 18.2. The summed E-state index contributed by atoms with van der Waals surface area (Å²) in [5.41, 5.74) is 0.179. The van der Waals surface area contributed by atoms with Crippen molar-refractivity contribution in [1.29, 1.82) is 0 Å². The first-order valence-electron chi connectivity index (χ1n) is 7.21. The van der Waals surface area contributed by atoms with Crippen molar-refractivity contribution in [2.24, 2.45) is 0 Å². The zero-order valence-electron chi connectivity index (χ0n) is 13.1. The van der Waals surface area contributed by atoms with Crippen molar-refractivity contribution < 1.29 is 18.9 Å². The highest BCUT2D eigenvalue weighted by Gasteiger charge is 2.16. The summed E-state index contributed by atoms with van der Waals surface area (Å²) in [7, 11) is 0. The van der Waals surface area contributed by atoms with Gasteiger partial charge in [0.1, 0.15) is 5.70 Å². The van der Waals surface area contributed by atoms with E-state index in [0.29, 0.717) is 5.56 Å². The van der Waals surface area contributed by atoms with Gasteiger partial charge < -0.3 is 15.1 Å². The second kappa shape index (κ2) is 8.25. The molecule has 0 saturated carbocycles. The Hall–Kier alpha value is -3.68. The smallest absolute Gasteiger partial charge is 0.291 e. The van der Waals surface area contributed by atoms with Gasteiger partial charge in [0.05, 0.1) is 11.2 Å². The molecule has 0 aliphatic carbocycles. The van der Waals surface area contributed by atoms with Crippen LogP contribution in [0.5, 0.6) is 0 Å². The lowest BCUT2D eigenvalue weighted by molar-refractivity contribution is -0.384. The van der Waals surface area contributed by atoms with Crippen molar-refractivity contribution in [3.05, 3.63) is 82.5 Å². The molecule has 0 aliphatic heterocycles. The number of non-ortho nitro benzene ring substituents is 1. The second-order valence-electron chi connectivity index (χ2n) is 4.84. The molecule has 8 heteroatoms. The van der Waals surface area contributed by atoms with E-state index < -0.39 is 16.7 Å². The molecule has 0 fully saturated rings. The number of nitrogens with one attached hydrogen (secondary N) is 2. The first-order chi connectivity index (χ1) is 12.0. The van der Waals surface area contributed by atoms with Crippen molar-refractivity contribution in [1.82, 2.24) is 10.6 Å². The van der Waals surface area contributed by atoms with Gasteiger partial charge in [0, 0.05) is 18.7 Å². The molecule has 2 rings (SSSR count). The van der Waals surface area contributed by atoms with E-state index in [4.69, 9.17) is 4.42 Å². The summed E-state index contributed by atoms with van der Waals surface area (Å²) in [6.07, 6.45) is 4.15. The van der Waals surface area contributed by atoms with E-state index in [2.05, 4.69) is 17.2 Å². The van der Waals surface area contributed by atoms with Crippen molar-refractivity contribution in [3.63, 3.8) is 0 Å². The van der Waals surface area contributed by atoms with Crippen LogP contribution in [0.2, 0.25) is 0 Å². The van der Waals surface area contributed by atoms with E-state index in [-0.39, 0.29) is 23.7 Å². The Labute approximate surface area is 143 Å². The number of furan rings is 1. The molecule has 25 heavy (non-hydrogen) atoms. The number of carbonyl (C=O) groups is 2. The summed E-state index contributed by atoms with van der Waals surface area (Å²) in [6.45, 7) is 3.69. The van der Waals surface area contributed by atoms with Crippen LogP contribution in [0.4, 0.5) is 5.69 Å². The zero-order valence-corrected chi connectivity index (χ0v) is 13.1. The number of benzene rings is 1. The Morgan fingerprint density at radius 3 is 2.72 bits per heavy atom. The van der Waals surface area contributed by atoms with Crippen LogP contribution in [-0.4, -0.2) is 23.3 Å². The van der Waals surface area contributed by atoms with Gasteiger partial charge in [-0.2, -0.15) is 0 Å². The minimum atomic E-state index is -0.615. The molecule has 0 saturated heterocycles. The van der Waals surface area contributed by atoms with Gasteiger partial charge in [-0.15, -0.1) is 6.58 Å². The van der Waals surface area contributed by atoms with E-state index in [1.54, 1.807) is 6.07 Å². The quantitative estimate of drug-likeness (QED) is 0.347. The van der Waals surface area contributed by atoms with Gasteiger partial charge >= 0.3 is 0 Å². The van der Waals surface area contributed by atoms with Crippen LogP contribution >= 0.6 is 0 Å². The third kappa shape index (κ3) is 4.90. The molecule has 0 aliphatic rings. The Bertz CT molecular complexity index is 825. The van der Waals surface area contributed by atoms with E-state index in [9.17, 15) is 19.7 Å². The van der Waals surface area contributed by atoms with Crippen molar-refractivity contribution >= 4 is 23.6 Å². The molecular weight excluding hydrogens is 326 g/mol. The standard InChI is InChI=1S/C17H15N3O5/c1-2-8-18-16(21)14(19-17(22)15-7-4-9-25-15)11-12-5-3-6-13(10-12)20(23)24/h2-7,9-11H,1,8H2,(H,18,21)(H,19,22)/b14-11+. The fourth-order valence-electron chi connectivity index (χ4n) is 1.90. The van der Waals surface area contributed by atoms with E-state index >= 15 is 0 Å². The van der Waals surface area contributed by atoms with Crippen molar-refractivity contribution in [3.8, 4) is 0 Å². The van der Waals surface area contributed by atoms with E-state index in [1.165, 1.54) is 48.7 Å². The molecule has 0 spiro atoms. The first kappa shape index (κ1) is 17.7. The molecule has 128 valence electrons. The number of nitro benzene ring substituents is 1. The Morgan fingerprint density at radius 1 is 1.28 bits per heavy atom. The number of nitro groups is 1. The third-order valence-electron chi connectivity index (χ3n) is 3.04. The number of hydrogen-bond acceptors (Lipinski definition) is 5. The lowest BCUT2D eigenvalue weighted by Gasteiger charge is -2.09. The van der Waals surface area contributed by atoms with Gasteiger partial charge in [-0.05, 0) is 23.8 Å². The number of rotatable bonds is 7. The van der Waals surface area contributed by atoms with Crippen molar-refractivity contribution in [2.75, 3.05) is 6.54 Å². The highest BCUT2D eigenvalue weighted by Crippen LogP contribution is 2.15. The predicted molar refractivity (Wildman–Crippen MR) is 90.5 cm³/mol. The molecule has 1 heterocycles. The second-order valence-corrected chi connectivity index (χ2v) is 4.84. The van der Waals surface area contributed by atoms with Crippen molar-refractivity contribution in [2.45, 2.75) is 0 Å². The highest BCUT2D eigenvalue weighted by atomic mass is 16.6. The first-order valence-corrected chi connectivity index (χ1v) is 7.21. The average molecular weight is 341 g/mol. The van der Waals surface area contributed by atoms with Crippen LogP contribution in [0.3, 0.4) is 0 Å². The average Bonchev–Trinajstić information content (AvgIpc) is 3.14. The van der Waals surface area contributed by atoms with Crippen LogP contribution < -0.4 is 10.6 Å². The summed E-state index contributed by atoms with van der Waals surface area (Å²) in [5, 5.41) is 15.8. The molecule has 0 bridgehead atoms. The SMILES string of the molecule is C=CCNC(=O)/C(=C\c1cccc([N+](=O)[O-])c1)NC(=O)c1ccco1. The normalized spacial score (nSPS) is 10.8. The summed E-state index contributed by atoms with van der Waals surface area (Å²) < 4.78 is 4.98. The molecular formula is C17H15N3O5. The lowest BCUT2D eigenvalue weighted by Crippen LogP contribution is -2.34. The number of nitrogens with zero attached hydrogens (tertiary/aromatic N) is 1. The van der Waals surface area contributed by atoms with Gasteiger partial charge in [-0.3, -0.25) is 19.7 Å². The highest BCUT2D eigenvalue weighted by molar-refractivity contribution is 6.04. The molecule has 0 unspecified atom stereocenters. The van der Waals surface area contributed by atoms with Crippen LogP contribution in [0, 0.1) is 10.1 Å². The molecule has 1 aromatic heterocycles. The van der Waals surface area contributed by atoms with E-state index in [0.717, 1.165) is 0 Å². The minimum absolute atomic E-state index is 0.0291. The van der Waals surface area contributed by atoms with Gasteiger partial charge in [0.2, 0.25) is 0 Å². The fourth-order valence-corrected chi connectivity index (χ4v) is 1.90. The topological polar surface area (TPSA) is 114 Å². The van der Waals surface area contributed by atoms with E-state index in [1.807, 2.05) is 0 Å².